The van der Waals surface area contributed by atoms with Gasteiger partial charge in [0.25, 0.3) is 0 Å². The minimum Gasteiger partial charge on any atom is -0.447 e. The SMILES string of the molecule is CC(C)C1COC(=O)N1c1ncnc(N[C@@H](C)c2ccc(-c3ccc(F)cc3)cn2)n1. The van der Waals surface area contributed by atoms with E-state index in [-0.39, 0.29) is 29.8 Å². The van der Waals surface area contributed by atoms with Crippen LogP contribution in [0.5, 0.6) is 0 Å². The van der Waals surface area contributed by atoms with Gasteiger partial charge in [0, 0.05) is 11.8 Å². The average molecular weight is 422 g/mol. The summed E-state index contributed by atoms with van der Waals surface area (Å²) in [5.41, 5.74) is 2.57. The lowest BCUT2D eigenvalue weighted by molar-refractivity contribution is 0.177. The fourth-order valence-electron chi connectivity index (χ4n) is 3.37. The zero-order valence-corrected chi connectivity index (χ0v) is 17.5. The molecule has 1 saturated heterocycles. The second kappa shape index (κ2) is 8.63. The van der Waals surface area contributed by atoms with E-state index < -0.39 is 6.09 Å². The number of nitrogens with zero attached hydrogens (tertiary/aromatic N) is 5. The van der Waals surface area contributed by atoms with Crippen molar-refractivity contribution >= 4 is 18.0 Å². The Bertz CT molecular complexity index is 1060. The van der Waals surface area contributed by atoms with Crippen LogP contribution in [0.25, 0.3) is 11.1 Å². The molecule has 2 aromatic heterocycles. The van der Waals surface area contributed by atoms with E-state index in [0.717, 1.165) is 16.8 Å². The molecule has 1 fully saturated rings. The molecular weight excluding hydrogens is 399 g/mol. The molecule has 160 valence electrons. The summed E-state index contributed by atoms with van der Waals surface area (Å²) in [5.74, 6) is 0.516. The van der Waals surface area contributed by atoms with Crippen molar-refractivity contribution in [3.05, 3.63) is 60.4 Å². The first-order valence-electron chi connectivity index (χ1n) is 10.1. The maximum absolute atomic E-state index is 13.1. The number of ether oxygens (including phenoxy) is 1. The third-order valence-corrected chi connectivity index (χ3v) is 5.20. The number of benzene rings is 1. The molecule has 1 N–H and O–H groups in total. The second-order valence-electron chi connectivity index (χ2n) is 7.71. The Kier molecular flexibility index (Phi) is 5.75. The fraction of sp³-hybridized carbons (Fsp3) is 0.318. The van der Waals surface area contributed by atoms with Gasteiger partial charge < -0.3 is 10.1 Å². The maximum atomic E-state index is 13.1. The number of hydrogen-bond donors (Lipinski definition) is 1. The smallest absolute Gasteiger partial charge is 0.417 e. The molecule has 9 heteroatoms. The van der Waals surface area contributed by atoms with Crippen LogP contribution < -0.4 is 10.2 Å². The molecule has 1 amide bonds. The highest BCUT2D eigenvalue weighted by atomic mass is 19.1. The van der Waals surface area contributed by atoms with Gasteiger partial charge >= 0.3 is 6.09 Å². The van der Waals surface area contributed by atoms with Crippen molar-refractivity contribution in [2.24, 2.45) is 5.92 Å². The summed E-state index contributed by atoms with van der Waals surface area (Å²) < 4.78 is 18.3. The van der Waals surface area contributed by atoms with Crippen molar-refractivity contribution in [2.75, 3.05) is 16.8 Å². The average Bonchev–Trinajstić information content (AvgIpc) is 3.16. The van der Waals surface area contributed by atoms with Crippen molar-refractivity contribution < 1.29 is 13.9 Å². The van der Waals surface area contributed by atoms with Gasteiger partial charge in [-0.3, -0.25) is 4.98 Å². The largest absolute Gasteiger partial charge is 0.447 e. The third-order valence-electron chi connectivity index (χ3n) is 5.20. The summed E-state index contributed by atoms with van der Waals surface area (Å²) in [6, 6.07) is 9.79. The van der Waals surface area contributed by atoms with Crippen LogP contribution in [0.1, 0.15) is 32.5 Å². The summed E-state index contributed by atoms with van der Waals surface area (Å²) in [7, 11) is 0. The number of aromatic nitrogens is 4. The standard InChI is InChI=1S/C22H23FN6O2/c1-13(2)19-11-31-22(30)29(19)21-26-12-25-20(28-21)27-14(3)18-9-6-16(10-24-18)15-4-7-17(23)8-5-15/h4-10,12-14,19H,11H2,1-3H3,(H,25,26,27,28)/t14-,19?/m0/s1. The van der Waals surface area contributed by atoms with Crippen LogP contribution in [0, 0.1) is 11.7 Å². The first-order chi connectivity index (χ1) is 14.9. The maximum Gasteiger partial charge on any atom is 0.417 e. The van der Waals surface area contributed by atoms with Gasteiger partial charge in [-0.05, 0) is 36.6 Å². The number of pyridine rings is 1. The minimum absolute atomic E-state index is 0.124. The van der Waals surface area contributed by atoms with Crippen molar-refractivity contribution in [1.29, 1.82) is 0 Å². The lowest BCUT2D eigenvalue weighted by Gasteiger charge is -2.22. The molecule has 2 atom stereocenters. The molecule has 8 nitrogen and oxygen atoms in total. The lowest BCUT2D eigenvalue weighted by atomic mass is 10.1. The number of carbonyl (C=O) groups is 1. The number of anilines is 2. The molecular formula is C22H23FN6O2. The van der Waals surface area contributed by atoms with E-state index in [2.05, 4.69) is 25.3 Å². The Morgan fingerprint density at radius 3 is 2.48 bits per heavy atom. The van der Waals surface area contributed by atoms with E-state index >= 15 is 0 Å². The summed E-state index contributed by atoms with van der Waals surface area (Å²) in [6.07, 6.45) is 2.65. The molecule has 1 aliphatic rings. The van der Waals surface area contributed by atoms with Crippen LogP contribution in [0.2, 0.25) is 0 Å². The van der Waals surface area contributed by atoms with Crippen LogP contribution in [-0.4, -0.2) is 38.7 Å². The molecule has 31 heavy (non-hydrogen) atoms. The highest BCUT2D eigenvalue weighted by Crippen LogP contribution is 2.25. The zero-order chi connectivity index (χ0) is 22.0. The van der Waals surface area contributed by atoms with E-state index in [1.165, 1.54) is 23.4 Å². The molecule has 4 rings (SSSR count). The number of cyclic esters (lactones) is 1. The van der Waals surface area contributed by atoms with Gasteiger partial charge in [0.05, 0.1) is 17.8 Å². The fourth-order valence-corrected chi connectivity index (χ4v) is 3.37. The number of nitrogens with one attached hydrogen (secondary N) is 1. The summed E-state index contributed by atoms with van der Waals surface area (Å²) in [4.78, 5) is 30.9. The van der Waals surface area contributed by atoms with E-state index in [9.17, 15) is 9.18 Å². The number of halogens is 1. The first kappa shape index (κ1) is 20.6. The Labute approximate surface area is 179 Å². The van der Waals surface area contributed by atoms with E-state index in [0.29, 0.717) is 12.6 Å². The topological polar surface area (TPSA) is 93.1 Å². The van der Waals surface area contributed by atoms with Crippen LogP contribution in [0.3, 0.4) is 0 Å². The summed E-state index contributed by atoms with van der Waals surface area (Å²) in [6.45, 7) is 6.28. The molecule has 1 aliphatic heterocycles. The van der Waals surface area contributed by atoms with Gasteiger partial charge in [-0.15, -0.1) is 0 Å². The van der Waals surface area contributed by atoms with E-state index in [4.69, 9.17) is 4.74 Å². The summed E-state index contributed by atoms with van der Waals surface area (Å²) in [5, 5.41) is 3.19. The number of amides is 1. The van der Waals surface area contributed by atoms with Crippen LogP contribution in [0.15, 0.2) is 48.9 Å². The molecule has 0 bridgehead atoms. The Balaban J connectivity index is 1.49. The van der Waals surface area contributed by atoms with Crippen LogP contribution >= 0.6 is 0 Å². The van der Waals surface area contributed by atoms with Gasteiger partial charge in [-0.1, -0.05) is 32.0 Å². The van der Waals surface area contributed by atoms with E-state index in [1.807, 2.05) is 32.9 Å². The quantitative estimate of drug-likeness (QED) is 0.635. The highest BCUT2D eigenvalue weighted by Gasteiger charge is 2.38. The van der Waals surface area contributed by atoms with E-state index in [1.54, 1.807) is 18.3 Å². The highest BCUT2D eigenvalue weighted by molar-refractivity contribution is 5.88. The monoisotopic (exact) mass is 422 g/mol. The molecule has 3 aromatic rings. The predicted octanol–water partition coefficient (Wildman–Crippen LogP) is 4.23. The van der Waals surface area contributed by atoms with Crippen LogP contribution in [0.4, 0.5) is 21.1 Å². The molecule has 0 radical (unpaired) electrons. The molecule has 0 spiro atoms. The van der Waals surface area contributed by atoms with Gasteiger partial charge in [0.2, 0.25) is 11.9 Å². The Morgan fingerprint density at radius 1 is 1.06 bits per heavy atom. The molecule has 1 unspecified atom stereocenters. The number of carbonyl (C=O) groups excluding carboxylic acids is 1. The Morgan fingerprint density at radius 2 is 1.81 bits per heavy atom. The van der Waals surface area contributed by atoms with Crippen molar-refractivity contribution in [2.45, 2.75) is 32.9 Å². The molecule has 1 aromatic carbocycles. The van der Waals surface area contributed by atoms with Gasteiger partial charge in [-0.25, -0.2) is 24.1 Å². The molecule has 0 aliphatic carbocycles. The first-order valence-corrected chi connectivity index (χ1v) is 10.1. The minimum atomic E-state index is -0.457. The summed E-state index contributed by atoms with van der Waals surface area (Å²) >= 11 is 0. The van der Waals surface area contributed by atoms with Crippen molar-refractivity contribution in [3.8, 4) is 11.1 Å². The van der Waals surface area contributed by atoms with Gasteiger partial charge in [0.1, 0.15) is 18.8 Å². The van der Waals surface area contributed by atoms with Crippen LogP contribution in [-0.2, 0) is 4.74 Å². The number of rotatable bonds is 6. The van der Waals surface area contributed by atoms with Gasteiger partial charge in [0.15, 0.2) is 0 Å². The van der Waals surface area contributed by atoms with Crippen molar-refractivity contribution in [3.63, 3.8) is 0 Å². The Hall–Kier alpha value is -3.62. The second-order valence-corrected chi connectivity index (χ2v) is 7.71. The lowest BCUT2D eigenvalue weighted by Crippen LogP contribution is -2.38. The van der Waals surface area contributed by atoms with Crippen molar-refractivity contribution in [1.82, 2.24) is 19.9 Å². The van der Waals surface area contributed by atoms with Gasteiger partial charge in [-0.2, -0.15) is 4.98 Å². The normalized spacial score (nSPS) is 17.0. The number of hydrogen-bond acceptors (Lipinski definition) is 7. The predicted molar refractivity (Wildman–Crippen MR) is 114 cm³/mol. The third kappa shape index (κ3) is 4.45. The zero-order valence-electron chi connectivity index (χ0n) is 17.5. The molecule has 3 heterocycles. The molecule has 0 saturated carbocycles.